The fourth-order valence-corrected chi connectivity index (χ4v) is 3.31. The Bertz CT molecular complexity index is 660. The summed E-state index contributed by atoms with van der Waals surface area (Å²) in [5.41, 5.74) is 0.0556. The van der Waals surface area contributed by atoms with Crippen molar-refractivity contribution in [2.45, 2.75) is 18.8 Å². The molecule has 122 valence electrons. The van der Waals surface area contributed by atoms with Gasteiger partial charge in [-0.1, -0.05) is 19.1 Å². The molecule has 1 N–H and O–H groups in total. The fraction of sp³-hybridized carbons (Fsp3) is 0.538. The Hall–Kier alpha value is -1.55. The molecule has 0 unspecified atom stereocenters. The number of ether oxygens (including phenoxy) is 2. The van der Waals surface area contributed by atoms with Gasteiger partial charge in [0, 0.05) is 23.4 Å². The molecule has 1 aromatic carbocycles. The lowest BCUT2D eigenvalue weighted by Crippen LogP contribution is -2.37. The van der Waals surface area contributed by atoms with E-state index in [1.54, 1.807) is 0 Å². The fourth-order valence-electron chi connectivity index (χ4n) is 2.21. The molecular weight excluding hydrogens is 314 g/mol. The van der Waals surface area contributed by atoms with Gasteiger partial charge < -0.3 is 14.6 Å². The third kappa shape index (κ3) is 3.43. The van der Waals surface area contributed by atoms with Gasteiger partial charge in [0.1, 0.15) is 11.9 Å². The summed E-state index contributed by atoms with van der Waals surface area (Å²) in [4.78, 5) is 10.3. The molecule has 2 rings (SSSR count). The van der Waals surface area contributed by atoms with Gasteiger partial charge in [-0.2, -0.15) is 0 Å². The van der Waals surface area contributed by atoms with Gasteiger partial charge in [-0.3, -0.25) is 10.1 Å². The summed E-state index contributed by atoms with van der Waals surface area (Å²) in [6.07, 6.45) is -0.675. The number of hydrogen-bond donors (Lipinski definition) is 1. The Morgan fingerprint density at radius 3 is 2.77 bits per heavy atom. The second kappa shape index (κ2) is 6.29. The lowest BCUT2D eigenvalue weighted by atomic mass is 10.1. The van der Waals surface area contributed by atoms with Gasteiger partial charge in [-0.15, -0.1) is 0 Å². The van der Waals surface area contributed by atoms with Crippen molar-refractivity contribution in [2.75, 3.05) is 24.7 Å². The van der Waals surface area contributed by atoms with Crippen molar-refractivity contribution in [3.8, 4) is 0 Å². The summed E-state index contributed by atoms with van der Waals surface area (Å²) in [5, 5.41) is 20.1. The lowest BCUT2D eigenvalue weighted by molar-refractivity contribution is -0.385. The highest BCUT2D eigenvalue weighted by Gasteiger charge is 2.46. The van der Waals surface area contributed by atoms with Gasteiger partial charge >= 0.3 is 0 Å². The minimum absolute atomic E-state index is 0.0123. The van der Waals surface area contributed by atoms with Gasteiger partial charge in [0.15, 0.2) is 9.84 Å². The second-order valence-corrected chi connectivity index (χ2v) is 7.32. The van der Waals surface area contributed by atoms with E-state index in [1.165, 1.54) is 31.2 Å². The molecule has 0 amide bonds. The largest absolute Gasteiger partial charge is 0.394 e. The van der Waals surface area contributed by atoms with E-state index in [2.05, 4.69) is 0 Å². The summed E-state index contributed by atoms with van der Waals surface area (Å²) in [6.45, 7) is 1.18. The molecule has 0 aliphatic carbocycles. The van der Waals surface area contributed by atoms with Crippen LogP contribution in [0.25, 0.3) is 0 Å². The van der Waals surface area contributed by atoms with Crippen molar-refractivity contribution in [1.82, 2.24) is 0 Å². The number of aliphatic hydroxyl groups excluding tert-OH is 1. The summed E-state index contributed by atoms with van der Waals surface area (Å²) in [7, 11) is -3.48. The van der Waals surface area contributed by atoms with Gasteiger partial charge in [0.05, 0.1) is 18.1 Å². The molecule has 22 heavy (non-hydrogen) atoms. The van der Waals surface area contributed by atoms with Gasteiger partial charge in [-0.25, -0.2) is 8.42 Å². The van der Waals surface area contributed by atoms with Crippen LogP contribution in [0.4, 0.5) is 5.69 Å². The molecule has 1 fully saturated rings. The molecule has 0 saturated carbocycles. The predicted molar refractivity (Wildman–Crippen MR) is 77.0 cm³/mol. The topological polar surface area (TPSA) is 116 Å². The molecule has 0 aromatic heterocycles. The minimum Gasteiger partial charge on any atom is -0.394 e. The third-order valence-electron chi connectivity index (χ3n) is 3.41. The first-order valence-electron chi connectivity index (χ1n) is 6.70. The van der Waals surface area contributed by atoms with E-state index < -0.39 is 32.4 Å². The van der Waals surface area contributed by atoms with Crippen molar-refractivity contribution >= 4 is 15.5 Å². The molecule has 0 spiro atoms. The van der Waals surface area contributed by atoms with Crippen LogP contribution in [-0.2, 0) is 25.1 Å². The first kappa shape index (κ1) is 16.8. The summed E-state index contributed by atoms with van der Waals surface area (Å²) in [6, 6.07) is 5.47. The highest BCUT2D eigenvalue weighted by atomic mass is 32.2. The Morgan fingerprint density at radius 1 is 1.50 bits per heavy atom. The maximum Gasteiger partial charge on any atom is 0.269 e. The Labute approximate surface area is 127 Å². The predicted octanol–water partition coefficient (Wildman–Crippen LogP) is 0.590. The first-order valence-corrected chi connectivity index (χ1v) is 8.52. The first-order chi connectivity index (χ1) is 10.3. The quantitative estimate of drug-likeness (QED) is 0.599. The van der Waals surface area contributed by atoms with Crippen molar-refractivity contribution in [3.63, 3.8) is 0 Å². The highest BCUT2D eigenvalue weighted by Crippen LogP contribution is 2.37. The zero-order valence-electron chi connectivity index (χ0n) is 12.0. The van der Waals surface area contributed by atoms with Crippen molar-refractivity contribution < 1.29 is 27.9 Å². The smallest absolute Gasteiger partial charge is 0.269 e. The molecule has 1 saturated heterocycles. The number of sulfone groups is 1. The maximum absolute atomic E-state index is 12.0. The number of non-ortho nitro benzene ring substituents is 1. The number of aliphatic hydroxyl groups is 1. The van der Waals surface area contributed by atoms with Crippen molar-refractivity contribution in [2.24, 2.45) is 0 Å². The van der Waals surface area contributed by atoms with Crippen LogP contribution in [0.1, 0.15) is 12.5 Å². The van der Waals surface area contributed by atoms with E-state index in [0.717, 1.165) is 0 Å². The van der Waals surface area contributed by atoms with Crippen LogP contribution in [-0.4, -0.2) is 49.3 Å². The molecule has 8 nitrogen and oxygen atoms in total. The molecule has 1 aliphatic rings. The average Bonchev–Trinajstić information content (AvgIpc) is 2.91. The Kier molecular flexibility index (Phi) is 4.81. The molecule has 1 aromatic rings. The van der Waals surface area contributed by atoms with Gasteiger partial charge in [0.25, 0.3) is 5.69 Å². The van der Waals surface area contributed by atoms with Crippen LogP contribution in [0, 0.1) is 10.1 Å². The number of nitro groups is 1. The highest BCUT2D eigenvalue weighted by molar-refractivity contribution is 7.91. The van der Waals surface area contributed by atoms with E-state index in [0.29, 0.717) is 0 Å². The number of benzene rings is 1. The van der Waals surface area contributed by atoms with E-state index in [1.807, 2.05) is 0 Å². The molecule has 2 atom stereocenters. The van der Waals surface area contributed by atoms with Crippen LogP contribution < -0.4 is 0 Å². The second-order valence-electron chi connectivity index (χ2n) is 4.97. The monoisotopic (exact) mass is 331 g/mol. The summed E-state index contributed by atoms with van der Waals surface area (Å²) < 4.78 is 35.1. The summed E-state index contributed by atoms with van der Waals surface area (Å²) >= 11 is 0. The van der Waals surface area contributed by atoms with E-state index in [-0.39, 0.29) is 30.2 Å². The Balaban J connectivity index is 2.45. The minimum atomic E-state index is -3.48. The van der Waals surface area contributed by atoms with Crippen molar-refractivity contribution in [3.05, 3.63) is 39.9 Å². The average molecular weight is 331 g/mol. The zero-order valence-corrected chi connectivity index (χ0v) is 12.8. The molecule has 0 bridgehead atoms. The number of rotatable bonds is 6. The van der Waals surface area contributed by atoms with E-state index in [9.17, 15) is 23.6 Å². The van der Waals surface area contributed by atoms with Crippen LogP contribution in [0.2, 0.25) is 0 Å². The zero-order chi connectivity index (χ0) is 16.4. The summed E-state index contributed by atoms with van der Waals surface area (Å²) in [5.74, 6) is -2.21. The molecular formula is C13H17NO7S. The standard InChI is InChI=1S/C13H17NO7S/c1-2-22(18,19)9-13(20-8-12(7-15)21-13)10-4-3-5-11(6-10)14(16)17/h3-6,12,15H,2,7-9H2,1H3/t12-,13+/m1/s1. The number of nitrogens with zero attached hydrogens (tertiary/aromatic N) is 1. The maximum atomic E-state index is 12.0. The van der Waals surface area contributed by atoms with Crippen molar-refractivity contribution in [1.29, 1.82) is 0 Å². The third-order valence-corrected chi connectivity index (χ3v) is 5.11. The Morgan fingerprint density at radius 2 is 2.23 bits per heavy atom. The molecule has 0 radical (unpaired) electrons. The van der Waals surface area contributed by atoms with Crippen LogP contribution in [0.3, 0.4) is 0 Å². The van der Waals surface area contributed by atoms with Crippen LogP contribution in [0.5, 0.6) is 0 Å². The van der Waals surface area contributed by atoms with Gasteiger partial charge in [0.2, 0.25) is 5.79 Å². The van der Waals surface area contributed by atoms with E-state index >= 15 is 0 Å². The molecule has 9 heteroatoms. The molecule has 1 heterocycles. The molecule has 1 aliphatic heterocycles. The SMILES string of the molecule is CCS(=O)(=O)C[C@]1(c2cccc([N+](=O)[O-])c2)OC[C@@H](CO)O1. The van der Waals surface area contributed by atoms with Crippen LogP contribution in [0.15, 0.2) is 24.3 Å². The number of hydrogen-bond acceptors (Lipinski definition) is 7. The van der Waals surface area contributed by atoms with E-state index in [4.69, 9.17) is 9.47 Å². The lowest BCUT2D eigenvalue weighted by Gasteiger charge is -2.28. The van der Waals surface area contributed by atoms with Crippen LogP contribution >= 0.6 is 0 Å². The normalized spacial score (nSPS) is 25.3. The van der Waals surface area contributed by atoms with Gasteiger partial charge in [-0.05, 0) is 0 Å². The number of nitro benzene ring substituents is 1.